The molecular weight excluding hydrogens is 324 g/mol. The molecule has 0 aliphatic carbocycles. The average molecular weight is 357 g/mol. The third-order valence-corrected chi connectivity index (χ3v) is 4.79. The van der Waals surface area contributed by atoms with Crippen LogP contribution in [0.1, 0.15) is 70.6 Å². The first-order valence-corrected chi connectivity index (χ1v) is 9.81. The lowest BCUT2D eigenvalue weighted by Gasteiger charge is -2.27. The van der Waals surface area contributed by atoms with Crippen molar-refractivity contribution < 1.29 is 9.47 Å². The molecule has 0 fully saturated rings. The summed E-state index contributed by atoms with van der Waals surface area (Å²) >= 11 is 0. The summed E-state index contributed by atoms with van der Waals surface area (Å²) in [6.45, 7) is 12.4. The van der Waals surface area contributed by atoms with E-state index >= 15 is 0 Å². The highest BCUT2D eigenvalue weighted by Gasteiger charge is 2.24. The zero-order valence-electron chi connectivity index (χ0n) is 16.7. The van der Waals surface area contributed by atoms with Crippen LogP contribution in [0.5, 0.6) is 11.5 Å². The molecular formula is C22H32N2O2. The highest BCUT2D eigenvalue weighted by molar-refractivity contribution is 5.34. The molecule has 2 atom stereocenters. The molecule has 4 rings (SSSR count). The van der Waals surface area contributed by atoms with Crippen LogP contribution in [-0.4, -0.2) is 23.2 Å². The Morgan fingerprint density at radius 3 is 2.46 bits per heavy atom. The largest absolute Gasteiger partial charge is 0.493 e. The summed E-state index contributed by atoms with van der Waals surface area (Å²) in [6.07, 6.45) is 7.74. The van der Waals surface area contributed by atoms with E-state index < -0.39 is 0 Å². The fourth-order valence-corrected chi connectivity index (χ4v) is 3.28. The SMILES string of the molecule is CC.CC(C)C1CCOc2cccnc21.CC1CCOc2ccncc21. The molecule has 0 saturated heterocycles. The summed E-state index contributed by atoms with van der Waals surface area (Å²) in [6, 6.07) is 5.88. The van der Waals surface area contributed by atoms with E-state index in [1.165, 1.54) is 5.56 Å². The van der Waals surface area contributed by atoms with Gasteiger partial charge in [-0.2, -0.15) is 0 Å². The molecule has 0 N–H and O–H groups in total. The third-order valence-electron chi connectivity index (χ3n) is 4.79. The van der Waals surface area contributed by atoms with Gasteiger partial charge in [-0.25, -0.2) is 0 Å². The summed E-state index contributed by atoms with van der Waals surface area (Å²) in [4.78, 5) is 8.47. The van der Waals surface area contributed by atoms with E-state index in [9.17, 15) is 0 Å². The van der Waals surface area contributed by atoms with E-state index in [1.807, 2.05) is 44.4 Å². The van der Waals surface area contributed by atoms with Gasteiger partial charge in [0.25, 0.3) is 0 Å². The molecule has 0 saturated carbocycles. The van der Waals surface area contributed by atoms with Gasteiger partial charge in [-0.05, 0) is 42.9 Å². The standard InChI is InChI=1S/C11H15NO.C9H11NO.C2H6/c1-8(2)9-5-7-13-10-4-3-6-12-11(9)10;1-7-3-5-11-9-2-4-10-6-8(7)9;1-2/h3-4,6,8-9H,5,7H2,1-2H3;2,4,6-7H,3,5H2,1H3;1-2H3. The van der Waals surface area contributed by atoms with Crippen LogP contribution in [0.4, 0.5) is 0 Å². The van der Waals surface area contributed by atoms with Crippen molar-refractivity contribution in [3.8, 4) is 11.5 Å². The molecule has 4 heterocycles. The molecule has 2 aromatic rings. The Hall–Kier alpha value is -2.10. The molecule has 2 aliphatic rings. The molecule has 0 amide bonds. The van der Waals surface area contributed by atoms with Crippen LogP contribution in [0.2, 0.25) is 0 Å². The molecule has 0 spiro atoms. The van der Waals surface area contributed by atoms with Crippen molar-refractivity contribution in [3.63, 3.8) is 0 Å². The fourth-order valence-electron chi connectivity index (χ4n) is 3.28. The van der Waals surface area contributed by atoms with Crippen LogP contribution < -0.4 is 9.47 Å². The Kier molecular flexibility index (Phi) is 7.89. The first-order chi connectivity index (χ1) is 12.7. The number of rotatable bonds is 1. The second kappa shape index (κ2) is 10.1. The van der Waals surface area contributed by atoms with Crippen LogP contribution in [0.15, 0.2) is 36.8 Å². The number of ether oxygens (including phenoxy) is 2. The van der Waals surface area contributed by atoms with Gasteiger partial charge >= 0.3 is 0 Å². The Bertz CT molecular complexity index is 673. The summed E-state index contributed by atoms with van der Waals surface area (Å²) in [5, 5.41) is 0. The summed E-state index contributed by atoms with van der Waals surface area (Å²) in [5.74, 6) is 3.82. The highest BCUT2D eigenvalue weighted by atomic mass is 16.5. The van der Waals surface area contributed by atoms with Gasteiger partial charge in [0.1, 0.15) is 11.5 Å². The number of hydrogen-bond donors (Lipinski definition) is 0. The van der Waals surface area contributed by atoms with Gasteiger partial charge in [-0.15, -0.1) is 0 Å². The zero-order valence-corrected chi connectivity index (χ0v) is 16.7. The topological polar surface area (TPSA) is 44.2 Å². The van der Waals surface area contributed by atoms with Gasteiger partial charge in [0, 0.05) is 30.1 Å². The summed E-state index contributed by atoms with van der Waals surface area (Å²) in [5.41, 5.74) is 2.39. The van der Waals surface area contributed by atoms with E-state index in [2.05, 4.69) is 30.7 Å². The normalized spacial score (nSPS) is 20.1. The molecule has 0 aromatic carbocycles. The predicted octanol–water partition coefficient (Wildman–Crippen LogP) is 5.60. The molecule has 26 heavy (non-hydrogen) atoms. The van der Waals surface area contributed by atoms with Crippen LogP contribution in [-0.2, 0) is 0 Å². The Morgan fingerprint density at radius 2 is 1.73 bits per heavy atom. The number of nitrogens with zero attached hydrogens (tertiary/aromatic N) is 2. The fraction of sp³-hybridized carbons (Fsp3) is 0.545. The smallest absolute Gasteiger partial charge is 0.141 e. The van der Waals surface area contributed by atoms with Gasteiger partial charge in [-0.3, -0.25) is 9.97 Å². The van der Waals surface area contributed by atoms with E-state index in [-0.39, 0.29) is 0 Å². The van der Waals surface area contributed by atoms with Gasteiger partial charge in [-0.1, -0.05) is 34.6 Å². The maximum atomic E-state index is 5.54. The molecule has 142 valence electrons. The first-order valence-electron chi connectivity index (χ1n) is 9.81. The van der Waals surface area contributed by atoms with Crippen molar-refractivity contribution in [1.82, 2.24) is 9.97 Å². The Balaban J connectivity index is 0.000000173. The van der Waals surface area contributed by atoms with Crippen LogP contribution in [0, 0.1) is 5.92 Å². The lowest BCUT2D eigenvalue weighted by molar-refractivity contribution is 0.242. The molecule has 0 bridgehead atoms. The number of fused-ring (bicyclic) bond motifs is 2. The highest BCUT2D eigenvalue weighted by Crippen LogP contribution is 2.36. The van der Waals surface area contributed by atoms with Crippen molar-refractivity contribution in [3.05, 3.63) is 48.0 Å². The van der Waals surface area contributed by atoms with Gasteiger partial charge in [0.15, 0.2) is 0 Å². The lowest BCUT2D eigenvalue weighted by atomic mass is 9.87. The van der Waals surface area contributed by atoms with Crippen LogP contribution >= 0.6 is 0 Å². The third kappa shape index (κ3) is 4.96. The summed E-state index contributed by atoms with van der Waals surface area (Å²) < 4.78 is 11.0. The Labute approximate surface area is 158 Å². The van der Waals surface area contributed by atoms with Crippen molar-refractivity contribution in [2.24, 2.45) is 5.92 Å². The summed E-state index contributed by atoms with van der Waals surface area (Å²) in [7, 11) is 0. The van der Waals surface area contributed by atoms with Crippen LogP contribution in [0.25, 0.3) is 0 Å². The molecule has 4 nitrogen and oxygen atoms in total. The molecule has 0 radical (unpaired) electrons. The molecule has 2 unspecified atom stereocenters. The predicted molar refractivity (Wildman–Crippen MR) is 106 cm³/mol. The number of aromatic nitrogens is 2. The van der Waals surface area contributed by atoms with E-state index in [4.69, 9.17) is 9.47 Å². The minimum absolute atomic E-state index is 0.574. The van der Waals surface area contributed by atoms with E-state index in [0.717, 1.165) is 43.2 Å². The Morgan fingerprint density at radius 1 is 1.00 bits per heavy atom. The average Bonchev–Trinajstić information content (AvgIpc) is 2.70. The molecule has 2 aromatic heterocycles. The van der Waals surface area contributed by atoms with Crippen molar-refractivity contribution in [2.45, 2.75) is 59.3 Å². The molecule has 4 heteroatoms. The zero-order chi connectivity index (χ0) is 18.9. The second-order valence-electron chi connectivity index (χ2n) is 6.83. The number of pyridine rings is 2. The maximum absolute atomic E-state index is 5.54. The minimum atomic E-state index is 0.574. The van der Waals surface area contributed by atoms with Crippen molar-refractivity contribution in [1.29, 1.82) is 0 Å². The van der Waals surface area contributed by atoms with Gasteiger partial charge in [0.2, 0.25) is 0 Å². The van der Waals surface area contributed by atoms with E-state index in [1.54, 1.807) is 6.20 Å². The monoisotopic (exact) mass is 356 g/mol. The quantitative estimate of drug-likeness (QED) is 0.667. The number of hydrogen-bond acceptors (Lipinski definition) is 4. The first kappa shape index (κ1) is 20.2. The molecule has 2 aliphatic heterocycles. The van der Waals surface area contributed by atoms with Crippen LogP contribution in [0.3, 0.4) is 0 Å². The van der Waals surface area contributed by atoms with Gasteiger partial charge < -0.3 is 9.47 Å². The van der Waals surface area contributed by atoms with Crippen molar-refractivity contribution in [2.75, 3.05) is 13.2 Å². The lowest BCUT2D eigenvalue weighted by Crippen LogP contribution is -2.19. The minimum Gasteiger partial charge on any atom is -0.493 e. The maximum Gasteiger partial charge on any atom is 0.141 e. The van der Waals surface area contributed by atoms with Gasteiger partial charge in [0.05, 0.1) is 18.9 Å². The second-order valence-corrected chi connectivity index (χ2v) is 6.83. The van der Waals surface area contributed by atoms with Crippen molar-refractivity contribution >= 4 is 0 Å². The van der Waals surface area contributed by atoms with E-state index in [0.29, 0.717) is 17.8 Å².